The van der Waals surface area contributed by atoms with Gasteiger partial charge in [0.15, 0.2) is 0 Å². The van der Waals surface area contributed by atoms with Crippen molar-refractivity contribution < 1.29 is 19.1 Å². The predicted octanol–water partition coefficient (Wildman–Crippen LogP) is 3.40. The number of hydrogen-bond acceptors (Lipinski definition) is 4. The Bertz CT molecular complexity index is 906. The lowest BCUT2D eigenvalue weighted by molar-refractivity contribution is 0.0303. The Balaban J connectivity index is 1.30. The Kier molecular flexibility index (Phi) is 6.87. The van der Waals surface area contributed by atoms with Crippen molar-refractivity contribution in [2.75, 3.05) is 46.0 Å². The van der Waals surface area contributed by atoms with Gasteiger partial charge in [0, 0.05) is 43.2 Å². The molecule has 1 atom stereocenters. The Morgan fingerprint density at radius 3 is 2.45 bits per heavy atom. The first-order chi connectivity index (χ1) is 15.1. The van der Waals surface area contributed by atoms with Crippen LogP contribution >= 0.6 is 0 Å². The molecule has 0 bridgehead atoms. The largest absolute Gasteiger partial charge is 0.493 e. The van der Waals surface area contributed by atoms with E-state index in [-0.39, 0.29) is 11.8 Å². The number of carbonyl (C=O) groups is 2. The Morgan fingerprint density at radius 2 is 1.71 bits per heavy atom. The Hall–Kier alpha value is -2.86. The van der Waals surface area contributed by atoms with Crippen molar-refractivity contribution in [1.29, 1.82) is 0 Å². The molecule has 2 aliphatic rings. The van der Waals surface area contributed by atoms with Crippen molar-refractivity contribution in [2.45, 2.75) is 19.8 Å². The van der Waals surface area contributed by atoms with E-state index in [0.717, 1.165) is 36.3 Å². The van der Waals surface area contributed by atoms with E-state index < -0.39 is 0 Å². The van der Waals surface area contributed by atoms with Gasteiger partial charge in [-0.05, 0) is 55.7 Å². The molecule has 31 heavy (non-hydrogen) atoms. The van der Waals surface area contributed by atoms with Crippen molar-refractivity contribution >= 4 is 11.8 Å². The molecule has 2 saturated heterocycles. The first-order valence-electron chi connectivity index (χ1n) is 11.1. The molecule has 0 spiro atoms. The van der Waals surface area contributed by atoms with E-state index in [9.17, 15) is 9.59 Å². The minimum atomic E-state index is 0.0347. The summed E-state index contributed by atoms with van der Waals surface area (Å²) in [6.45, 7) is 6.50. The van der Waals surface area contributed by atoms with Gasteiger partial charge in [-0.1, -0.05) is 18.2 Å². The Labute approximate surface area is 183 Å². The maximum atomic E-state index is 12.9. The van der Waals surface area contributed by atoms with E-state index in [1.165, 1.54) is 0 Å². The normalized spacial score (nSPS) is 19.2. The van der Waals surface area contributed by atoms with Gasteiger partial charge in [-0.25, -0.2) is 0 Å². The standard InChI is InChI=1S/C25H30N2O4/c1-19-5-2-3-7-23(19)25(29)27-12-4-6-20(17-27)18-31-22-10-8-21(9-11-22)24(28)26-13-15-30-16-14-26/h2-3,5,7-11,20H,4,6,12-18H2,1H3/t20-/m1/s1. The van der Waals surface area contributed by atoms with Crippen LogP contribution in [0, 0.1) is 12.8 Å². The molecule has 2 fully saturated rings. The van der Waals surface area contributed by atoms with E-state index >= 15 is 0 Å². The summed E-state index contributed by atoms with van der Waals surface area (Å²) in [7, 11) is 0. The summed E-state index contributed by atoms with van der Waals surface area (Å²) in [4.78, 5) is 29.2. The molecule has 0 N–H and O–H groups in total. The highest BCUT2D eigenvalue weighted by atomic mass is 16.5. The third kappa shape index (κ3) is 5.25. The van der Waals surface area contributed by atoms with E-state index in [4.69, 9.17) is 9.47 Å². The number of morpholine rings is 1. The molecule has 2 heterocycles. The van der Waals surface area contributed by atoms with E-state index in [0.29, 0.717) is 50.9 Å². The summed E-state index contributed by atoms with van der Waals surface area (Å²) >= 11 is 0. The molecule has 164 valence electrons. The van der Waals surface area contributed by atoms with Crippen LogP contribution in [-0.4, -0.2) is 67.6 Å². The van der Waals surface area contributed by atoms with Gasteiger partial charge in [0.1, 0.15) is 5.75 Å². The third-order valence-corrected chi connectivity index (χ3v) is 6.07. The second kappa shape index (κ2) is 9.96. The number of aryl methyl sites for hydroxylation is 1. The number of amides is 2. The topological polar surface area (TPSA) is 59.1 Å². The highest BCUT2D eigenvalue weighted by Gasteiger charge is 2.26. The minimum Gasteiger partial charge on any atom is -0.493 e. The number of ether oxygens (including phenoxy) is 2. The van der Waals surface area contributed by atoms with Gasteiger partial charge in [-0.3, -0.25) is 9.59 Å². The van der Waals surface area contributed by atoms with Crippen molar-refractivity contribution in [2.24, 2.45) is 5.92 Å². The minimum absolute atomic E-state index is 0.0347. The highest BCUT2D eigenvalue weighted by Crippen LogP contribution is 2.22. The number of likely N-dealkylation sites (tertiary alicyclic amines) is 1. The monoisotopic (exact) mass is 422 g/mol. The quantitative estimate of drug-likeness (QED) is 0.741. The zero-order chi connectivity index (χ0) is 21.6. The third-order valence-electron chi connectivity index (χ3n) is 6.07. The molecule has 0 aliphatic carbocycles. The predicted molar refractivity (Wildman–Crippen MR) is 118 cm³/mol. The second-order valence-electron chi connectivity index (χ2n) is 8.31. The molecule has 0 aromatic heterocycles. The number of benzene rings is 2. The Morgan fingerprint density at radius 1 is 0.968 bits per heavy atom. The van der Waals surface area contributed by atoms with Crippen LogP contribution in [0.2, 0.25) is 0 Å². The van der Waals surface area contributed by atoms with Gasteiger partial charge in [0.05, 0.1) is 19.8 Å². The van der Waals surface area contributed by atoms with Gasteiger partial charge in [0.2, 0.25) is 0 Å². The van der Waals surface area contributed by atoms with Crippen LogP contribution in [0.15, 0.2) is 48.5 Å². The van der Waals surface area contributed by atoms with Crippen LogP contribution in [0.3, 0.4) is 0 Å². The van der Waals surface area contributed by atoms with Gasteiger partial charge >= 0.3 is 0 Å². The molecule has 0 radical (unpaired) electrons. The van der Waals surface area contributed by atoms with Crippen LogP contribution in [0.5, 0.6) is 5.75 Å². The van der Waals surface area contributed by atoms with E-state index in [1.54, 1.807) is 0 Å². The van der Waals surface area contributed by atoms with Crippen LogP contribution in [0.4, 0.5) is 0 Å². The summed E-state index contributed by atoms with van der Waals surface area (Å²) in [6, 6.07) is 15.1. The van der Waals surface area contributed by atoms with Crippen LogP contribution in [-0.2, 0) is 4.74 Å². The molecule has 2 aliphatic heterocycles. The molecular weight excluding hydrogens is 392 g/mol. The lowest BCUT2D eigenvalue weighted by Crippen LogP contribution is -2.41. The van der Waals surface area contributed by atoms with Crippen LogP contribution in [0.25, 0.3) is 0 Å². The summed E-state index contributed by atoms with van der Waals surface area (Å²) in [5, 5.41) is 0. The SMILES string of the molecule is Cc1ccccc1C(=O)N1CCC[C@@H](COc2ccc(C(=O)N3CCOCC3)cc2)C1. The maximum absolute atomic E-state index is 12.9. The number of rotatable bonds is 5. The maximum Gasteiger partial charge on any atom is 0.254 e. The molecule has 6 nitrogen and oxygen atoms in total. The lowest BCUT2D eigenvalue weighted by atomic mass is 9.97. The molecule has 2 aromatic rings. The fraction of sp³-hybridized carbons (Fsp3) is 0.440. The summed E-state index contributed by atoms with van der Waals surface area (Å²) in [5.41, 5.74) is 2.46. The molecule has 0 saturated carbocycles. The van der Waals surface area contributed by atoms with Gasteiger partial charge in [-0.2, -0.15) is 0 Å². The summed E-state index contributed by atoms with van der Waals surface area (Å²) in [5.74, 6) is 1.19. The summed E-state index contributed by atoms with van der Waals surface area (Å²) in [6.07, 6.45) is 2.03. The molecule has 4 rings (SSSR count). The fourth-order valence-electron chi connectivity index (χ4n) is 4.23. The first-order valence-corrected chi connectivity index (χ1v) is 11.1. The molecule has 2 aromatic carbocycles. The fourth-order valence-corrected chi connectivity index (χ4v) is 4.23. The van der Waals surface area contributed by atoms with Crippen molar-refractivity contribution in [1.82, 2.24) is 9.80 Å². The molecule has 0 unspecified atom stereocenters. The zero-order valence-electron chi connectivity index (χ0n) is 18.1. The molecule has 2 amide bonds. The number of hydrogen-bond donors (Lipinski definition) is 0. The van der Waals surface area contributed by atoms with Crippen molar-refractivity contribution in [3.05, 3.63) is 65.2 Å². The average Bonchev–Trinajstić information content (AvgIpc) is 2.83. The first kappa shape index (κ1) is 21.4. The van der Waals surface area contributed by atoms with Crippen molar-refractivity contribution in [3.8, 4) is 5.75 Å². The van der Waals surface area contributed by atoms with E-state index in [1.807, 2.05) is 65.3 Å². The number of nitrogens with zero attached hydrogens (tertiary/aromatic N) is 2. The van der Waals surface area contributed by atoms with Crippen molar-refractivity contribution in [3.63, 3.8) is 0 Å². The number of carbonyl (C=O) groups excluding carboxylic acids is 2. The summed E-state index contributed by atoms with van der Waals surface area (Å²) < 4.78 is 11.3. The smallest absolute Gasteiger partial charge is 0.254 e. The lowest BCUT2D eigenvalue weighted by Gasteiger charge is -2.33. The highest BCUT2D eigenvalue weighted by molar-refractivity contribution is 5.95. The average molecular weight is 423 g/mol. The second-order valence-corrected chi connectivity index (χ2v) is 8.31. The van der Waals surface area contributed by atoms with Crippen LogP contribution in [0.1, 0.15) is 39.1 Å². The molecular formula is C25H30N2O4. The van der Waals surface area contributed by atoms with Crippen LogP contribution < -0.4 is 4.74 Å². The van der Waals surface area contributed by atoms with Gasteiger partial charge in [0.25, 0.3) is 11.8 Å². The van der Waals surface area contributed by atoms with Gasteiger partial charge < -0.3 is 19.3 Å². The molecule has 6 heteroatoms. The van der Waals surface area contributed by atoms with Gasteiger partial charge in [-0.15, -0.1) is 0 Å². The van der Waals surface area contributed by atoms with E-state index in [2.05, 4.69) is 0 Å². The zero-order valence-corrected chi connectivity index (χ0v) is 18.1. The number of piperidine rings is 1.